The number of carbonyl (C=O) groups excluding carboxylic acids is 1. The van der Waals surface area contributed by atoms with Gasteiger partial charge in [0.2, 0.25) is 0 Å². The van der Waals surface area contributed by atoms with E-state index in [1.165, 1.54) is 0 Å². The minimum atomic E-state index is -0.243. The predicted octanol–water partition coefficient (Wildman–Crippen LogP) is 4.82. The van der Waals surface area contributed by atoms with Crippen molar-refractivity contribution in [2.24, 2.45) is 5.73 Å². The summed E-state index contributed by atoms with van der Waals surface area (Å²) in [6.45, 7) is 2.47. The van der Waals surface area contributed by atoms with Crippen molar-refractivity contribution in [1.29, 1.82) is 0 Å². The molecule has 3 aromatic heterocycles. The minimum Gasteiger partial charge on any atom is -0.383 e. The molecule has 1 aliphatic carbocycles. The van der Waals surface area contributed by atoms with Gasteiger partial charge in [0.1, 0.15) is 11.3 Å². The first-order chi connectivity index (χ1) is 18.5. The molecule has 8 nitrogen and oxygen atoms in total. The molecule has 1 aliphatic rings. The van der Waals surface area contributed by atoms with Crippen LogP contribution in [0.4, 0.5) is 5.82 Å². The van der Waals surface area contributed by atoms with E-state index in [4.69, 9.17) is 21.4 Å². The Bertz CT molecular complexity index is 1650. The molecule has 0 bridgehead atoms. The number of hydrogen-bond donors (Lipinski definition) is 3. The molecule has 3 heterocycles. The van der Waals surface area contributed by atoms with Gasteiger partial charge < -0.3 is 16.8 Å². The van der Waals surface area contributed by atoms with E-state index in [0.29, 0.717) is 29.4 Å². The van der Waals surface area contributed by atoms with Crippen LogP contribution in [0.5, 0.6) is 0 Å². The molecule has 5 N–H and O–H groups in total. The fourth-order valence-corrected chi connectivity index (χ4v) is 5.02. The van der Waals surface area contributed by atoms with Gasteiger partial charge in [-0.2, -0.15) is 0 Å². The number of imidazole rings is 1. The van der Waals surface area contributed by atoms with Crippen LogP contribution in [0.25, 0.3) is 39.5 Å². The molecule has 0 unspecified atom stereocenters. The van der Waals surface area contributed by atoms with E-state index in [9.17, 15) is 4.79 Å². The smallest absolute Gasteiger partial charge is 0.251 e. The van der Waals surface area contributed by atoms with Crippen LogP contribution in [-0.2, 0) is 5.54 Å². The van der Waals surface area contributed by atoms with E-state index in [-0.39, 0.29) is 11.4 Å². The molecule has 8 heteroatoms. The zero-order valence-electron chi connectivity index (χ0n) is 21.2. The van der Waals surface area contributed by atoms with E-state index in [2.05, 4.69) is 34.6 Å². The van der Waals surface area contributed by atoms with Gasteiger partial charge in [-0.3, -0.25) is 9.36 Å². The monoisotopic (exact) mass is 503 g/mol. The molecule has 6 rings (SSSR count). The SMILES string of the molecule is CCNC(=O)c1cccc(-c2ccc3nc(-c4cccnc4N)n(-c4ccc(C5(N)CCC5)cc4)c3n2)c1. The van der Waals surface area contributed by atoms with Gasteiger partial charge in [-0.1, -0.05) is 24.3 Å². The molecule has 0 atom stereocenters. The second-order valence-electron chi connectivity index (χ2n) is 9.74. The Morgan fingerprint density at radius 1 is 1.03 bits per heavy atom. The van der Waals surface area contributed by atoms with Crippen molar-refractivity contribution >= 4 is 22.9 Å². The summed E-state index contributed by atoms with van der Waals surface area (Å²) in [5.74, 6) is 0.940. The van der Waals surface area contributed by atoms with Gasteiger partial charge in [0.05, 0.1) is 11.3 Å². The molecular formula is C30H29N7O. The van der Waals surface area contributed by atoms with E-state index in [1.807, 2.05) is 54.0 Å². The lowest BCUT2D eigenvalue weighted by molar-refractivity contribution is 0.0956. The number of fused-ring (bicyclic) bond motifs is 1. The van der Waals surface area contributed by atoms with E-state index in [1.54, 1.807) is 12.3 Å². The number of amides is 1. The molecule has 0 spiro atoms. The largest absolute Gasteiger partial charge is 0.383 e. The van der Waals surface area contributed by atoms with Crippen molar-refractivity contribution in [2.75, 3.05) is 12.3 Å². The standard InChI is InChI=1S/C30H29N7O/c1-2-33-29(38)20-7-3-6-19(18-20)24-13-14-25-28(35-24)37(27(36-25)23-8-4-17-34-26(23)31)22-11-9-21(10-12-22)30(32)15-5-16-30/h3-4,6-14,17-18H,2,5,15-16,32H2,1H3,(H2,31,34)(H,33,38). The normalized spacial score (nSPS) is 14.3. The third-order valence-corrected chi connectivity index (χ3v) is 7.29. The van der Waals surface area contributed by atoms with Gasteiger partial charge in [0.15, 0.2) is 11.5 Å². The third-order valence-electron chi connectivity index (χ3n) is 7.29. The van der Waals surface area contributed by atoms with Crippen molar-refractivity contribution in [1.82, 2.24) is 24.8 Å². The summed E-state index contributed by atoms with van der Waals surface area (Å²) in [4.78, 5) is 26.6. The minimum absolute atomic E-state index is 0.112. The van der Waals surface area contributed by atoms with Gasteiger partial charge in [-0.25, -0.2) is 15.0 Å². The maximum atomic E-state index is 12.4. The van der Waals surface area contributed by atoms with Gasteiger partial charge in [-0.05, 0) is 80.3 Å². The number of aromatic nitrogens is 4. The Morgan fingerprint density at radius 2 is 1.84 bits per heavy atom. The van der Waals surface area contributed by atoms with Crippen LogP contribution in [0.3, 0.4) is 0 Å². The first kappa shape index (κ1) is 23.8. The number of pyridine rings is 2. The highest BCUT2D eigenvalue weighted by molar-refractivity contribution is 5.95. The second kappa shape index (κ2) is 9.39. The number of nitrogens with zero attached hydrogens (tertiary/aromatic N) is 4. The Balaban J connectivity index is 1.51. The summed E-state index contributed by atoms with van der Waals surface area (Å²) in [6.07, 6.45) is 4.82. The number of nitrogens with one attached hydrogen (secondary N) is 1. The van der Waals surface area contributed by atoms with Gasteiger partial charge >= 0.3 is 0 Å². The number of rotatable bonds is 6. The first-order valence-corrected chi connectivity index (χ1v) is 12.9. The summed E-state index contributed by atoms with van der Waals surface area (Å²) in [5.41, 5.74) is 19.0. The maximum Gasteiger partial charge on any atom is 0.251 e. The van der Waals surface area contributed by atoms with Crippen LogP contribution < -0.4 is 16.8 Å². The lowest BCUT2D eigenvalue weighted by Crippen LogP contribution is -2.43. The molecule has 38 heavy (non-hydrogen) atoms. The van der Waals surface area contributed by atoms with Crippen LogP contribution in [0.15, 0.2) is 79.0 Å². The fourth-order valence-electron chi connectivity index (χ4n) is 5.02. The molecule has 1 saturated carbocycles. The Morgan fingerprint density at radius 3 is 2.55 bits per heavy atom. The molecule has 0 aliphatic heterocycles. The number of benzene rings is 2. The van der Waals surface area contributed by atoms with E-state index >= 15 is 0 Å². The van der Waals surface area contributed by atoms with Crippen molar-refractivity contribution in [3.05, 3.63) is 90.1 Å². The predicted molar refractivity (Wildman–Crippen MR) is 150 cm³/mol. The molecule has 190 valence electrons. The summed E-state index contributed by atoms with van der Waals surface area (Å²) >= 11 is 0. The second-order valence-corrected chi connectivity index (χ2v) is 9.74. The molecule has 0 saturated heterocycles. The summed E-state index contributed by atoms with van der Waals surface area (Å²) in [6, 6.07) is 23.4. The highest BCUT2D eigenvalue weighted by Gasteiger charge is 2.34. The number of nitrogens with two attached hydrogens (primary N) is 2. The van der Waals surface area contributed by atoms with Crippen LogP contribution in [0.2, 0.25) is 0 Å². The van der Waals surface area contributed by atoms with Gasteiger partial charge in [0, 0.05) is 35.1 Å². The number of anilines is 1. The molecule has 2 aromatic carbocycles. The third kappa shape index (κ3) is 4.09. The Labute approximate surface area is 220 Å². The summed E-state index contributed by atoms with van der Waals surface area (Å²) < 4.78 is 2.01. The van der Waals surface area contributed by atoms with Crippen LogP contribution in [0, 0.1) is 0 Å². The lowest BCUT2D eigenvalue weighted by atomic mass is 9.73. The van der Waals surface area contributed by atoms with Crippen LogP contribution >= 0.6 is 0 Å². The highest BCUT2D eigenvalue weighted by Crippen LogP contribution is 2.39. The molecule has 1 fully saturated rings. The zero-order valence-corrected chi connectivity index (χ0v) is 21.2. The zero-order chi connectivity index (χ0) is 26.3. The van der Waals surface area contributed by atoms with Crippen molar-refractivity contribution in [3.63, 3.8) is 0 Å². The number of nitrogen functional groups attached to an aromatic ring is 1. The first-order valence-electron chi connectivity index (χ1n) is 12.9. The molecule has 1 amide bonds. The van der Waals surface area contributed by atoms with Crippen molar-refractivity contribution in [2.45, 2.75) is 31.7 Å². The molecular weight excluding hydrogens is 474 g/mol. The number of carbonyl (C=O) groups is 1. The van der Waals surface area contributed by atoms with Crippen LogP contribution in [-0.4, -0.2) is 32.0 Å². The summed E-state index contributed by atoms with van der Waals surface area (Å²) in [7, 11) is 0. The average molecular weight is 504 g/mol. The molecule has 0 radical (unpaired) electrons. The quantitative estimate of drug-likeness (QED) is 0.305. The van der Waals surface area contributed by atoms with E-state index in [0.717, 1.165) is 52.9 Å². The van der Waals surface area contributed by atoms with Crippen LogP contribution in [0.1, 0.15) is 42.1 Å². The average Bonchev–Trinajstić information content (AvgIpc) is 3.31. The highest BCUT2D eigenvalue weighted by atomic mass is 16.1. The van der Waals surface area contributed by atoms with Gasteiger partial charge in [-0.15, -0.1) is 0 Å². The van der Waals surface area contributed by atoms with Crippen molar-refractivity contribution in [3.8, 4) is 28.3 Å². The molecule has 5 aromatic rings. The fraction of sp³-hybridized carbons (Fsp3) is 0.200. The van der Waals surface area contributed by atoms with E-state index < -0.39 is 0 Å². The van der Waals surface area contributed by atoms with Crippen molar-refractivity contribution < 1.29 is 4.79 Å². The van der Waals surface area contributed by atoms with Gasteiger partial charge in [0.25, 0.3) is 5.91 Å². The maximum absolute atomic E-state index is 12.4. The lowest BCUT2D eigenvalue weighted by Gasteiger charge is -2.38. The summed E-state index contributed by atoms with van der Waals surface area (Å²) in [5, 5.41) is 2.85. The Hall–Kier alpha value is -4.56. The topological polar surface area (TPSA) is 125 Å². The number of hydrogen-bond acceptors (Lipinski definition) is 6. The Kier molecular flexibility index (Phi) is 5.88.